The fraction of sp³-hybridized carbons (Fsp3) is 0.846. The van der Waals surface area contributed by atoms with Crippen LogP contribution >= 0.6 is 0 Å². The third-order valence-corrected chi connectivity index (χ3v) is 3.81. The van der Waals surface area contributed by atoms with E-state index in [1.165, 1.54) is 38.6 Å². The zero-order valence-corrected chi connectivity index (χ0v) is 9.68. The smallest absolute Gasteiger partial charge is 0.0578 e. The molecule has 3 atom stereocenters. The molecule has 0 radical (unpaired) electrons. The molecule has 1 aliphatic carbocycles. The van der Waals surface area contributed by atoms with Gasteiger partial charge in [0.25, 0.3) is 0 Å². The summed E-state index contributed by atoms with van der Waals surface area (Å²) in [7, 11) is 0. The van der Waals surface area contributed by atoms with Crippen molar-refractivity contribution in [2.75, 3.05) is 13.1 Å². The molecule has 1 saturated carbocycles. The average Bonchev–Trinajstić information content (AvgIpc) is 2.87. The Kier molecular flexibility index (Phi) is 4.05. The summed E-state index contributed by atoms with van der Waals surface area (Å²) in [6, 6.07) is 1.49. The lowest BCUT2D eigenvalue weighted by molar-refractivity contribution is 0.329. The Morgan fingerprint density at radius 3 is 2.93 bits per heavy atom. The summed E-state index contributed by atoms with van der Waals surface area (Å²) in [5, 5.41) is 7.24. The van der Waals surface area contributed by atoms with E-state index >= 15 is 0 Å². The molecule has 1 saturated heterocycles. The van der Waals surface area contributed by atoms with Crippen LogP contribution in [0.15, 0.2) is 0 Å². The highest BCUT2D eigenvalue weighted by Crippen LogP contribution is 2.31. The second kappa shape index (κ2) is 5.53. The first-order valence-corrected chi connectivity index (χ1v) is 6.28. The van der Waals surface area contributed by atoms with Gasteiger partial charge in [-0.1, -0.05) is 12.3 Å². The molecule has 0 amide bonds. The zero-order chi connectivity index (χ0) is 10.5. The Morgan fingerprint density at radius 2 is 2.20 bits per heavy atom. The van der Waals surface area contributed by atoms with Gasteiger partial charge in [0.15, 0.2) is 0 Å². The first-order chi connectivity index (χ1) is 7.42. The van der Waals surface area contributed by atoms with Crippen LogP contribution in [0.5, 0.6) is 0 Å². The highest BCUT2D eigenvalue weighted by Gasteiger charge is 2.34. The van der Waals surface area contributed by atoms with Crippen LogP contribution in [0.25, 0.3) is 0 Å². The lowest BCUT2D eigenvalue weighted by Gasteiger charge is -2.26. The van der Waals surface area contributed by atoms with Gasteiger partial charge in [0, 0.05) is 12.1 Å². The third kappa shape index (κ3) is 2.74. The van der Waals surface area contributed by atoms with Crippen molar-refractivity contribution in [3.63, 3.8) is 0 Å². The molecule has 0 aromatic heterocycles. The Balaban J connectivity index is 1.83. The van der Waals surface area contributed by atoms with Gasteiger partial charge >= 0.3 is 0 Å². The normalized spacial score (nSPS) is 35.1. The highest BCUT2D eigenvalue weighted by atomic mass is 15.0. The number of hydrogen-bond donors (Lipinski definition) is 2. The van der Waals surface area contributed by atoms with E-state index in [1.807, 2.05) is 6.92 Å². The first kappa shape index (κ1) is 11.0. The zero-order valence-electron chi connectivity index (χ0n) is 9.68. The summed E-state index contributed by atoms with van der Waals surface area (Å²) in [4.78, 5) is 0. The van der Waals surface area contributed by atoms with Gasteiger partial charge in [-0.05, 0) is 45.1 Å². The van der Waals surface area contributed by atoms with Crippen LogP contribution in [0.2, 0.25) is 0 Å². The van der Waals surface area contributed by atoms with Gasteiger partial charge in [-0.15, -0.1) is 5.92 Å². The Morgan fingerprint density at radius 1 is 1.27 bits per heavy atom. The van der Waals surface area contributed by atoms with Crippen molar-refractivity contribution < 1.29 is 0 Å². The minimum absolute atomic E-state index is 0.710. The Labute approximate surface area is 93.2 Å². The van der Waals surface area contributed by atoms with E-state index in [0.29, 0.717) is 6.04 Å². The standard InChI is InChI=1S/C13H22N2/c1-2-3-9-14-12-7-4-6-11(12)13-8-5-10-15-13/h11-15H,4-10H2,1H3. The van der Waals surface area contributed by atoms with Gasteiger partial charge in [-0.3, -0.25) is 0 Å². The van der Waals surface area contributed by atoms with Crippen LogP contribution in [-0.2, 0) is 0 Å². The SMILES string of the molecule is CC#CCNC1CCCC1C1CCCN1. The molecule has 2 heteroatoms. The van der Waals surface area contributed by atoms with E-state index in [-0.39, 0.29) is 0 Å². The summed E-state index contributed by atoms with van der Waals surface area (Å²) in [6.45, 7) is 4.00. The van der Waals surface area contributed by atoms with Crippen molar-refractivity contribution >= 4 is 0 Å². The molecule has 1 aliphatic heterocycles. The van der Waals surface area contributed by atoms with Crippen LogP contribution in [0, 0.1) is 17.8 Å². The minimum atomic E-state index is 0.710. The van der Waals surface area contributed by atoms with E-state index < -0.39 is 0 Å². The quantitative estimate of drug-likeness (QED) is 0.684. The maximum absolute atomic E-state index is 3.64. The fourth-order valence-corrected chi connectivity index (χ4v) is 3.07. The summed E-state index contributed by atoms with van der Waals surface area (Å²) < 4.78 is 0. The van der Waals surface area contributed by atoms with Crippen molar-refractivity contribution in [2.24, 2.45) is 5.92 Å². The fourth-order valence-electron chi connectivity index (χ4n) is 3.07. The lowest BCUT2D eigenvalue weighted by atomic mass is 9.93. The van der Waals surface area contributed by atoms with Crippen LogP contribution in [0.3, 0.4) is 0 Å². The average molecular weight is 206 g/mol. The molecule has 2 aliphatic rings. The molecule has 2 nitrogen and oxygen atoms in total. The predicted octanol–water partition coefficient (Wildman–Crippen LogP) is 1.52. The molecule has 0 aromatic carbocycles. The maximum Gasteiger partial charge on any atom is 0.0578 e. The van der Waals surface area contributed by atoms with Gasteiger partial charge in [0.05, 0.1) is 6.54 Å². The molecule has 2 rings (SSSR count). The van der Waals surface area contributed by atoms with Crippen LogP contribution in [0.1, 0.15) is 39.0 Å². The summed E-state index contributed by atoms with van der Waals surface area (Å²) in [6.07, 6.45) is 6.87. The topological polar surface area (TPSA) is 24.1 Å². The van der Waals surface area contributed by atoms with Gasteiger partial charge in [0.1, 0.15) is 0 Å². The molecule has 0 spiro atoms. The van der Waals surface area contributed by atoms with Gasteiger partial charge in [0.2, 0.25) is 0 Å². The van der Waals surface area contributed by atoms with E-state index in [2.05, 4.69) is 22.5 Å². The van der Waals surface area contributed by atoms with Gasteiger partial charge in [-0.25, -0.2) is 0 Å². The van der Waals surface area contributed by atoms with Crippen molar-refractivity contribution in [1.82, 2.24) is 10.6 Å². The molecular weight excluding hydrogens is 184 g/mol. The number of rotatable bonds is 3. The van der Waals surface area contributed by atoms with Crippen molar-refractivity contribution in [3.8, 4) is 11.8 Å². The monoisotopic (exact) mass is 206 g/mol. The molecule has 2 fully saturated rings. The molecule has 2 N–H and O–H groups in total. The van der Waals surface area contributed by atoms with Gasteiger partial charge < -0.3 is 10.6 Å². The van der Waals surface area contributed by atoms with Crippen molar-refractivity contribution in [2.45, 2.75) is 51.1 Å². The van der Waals surface area contributed by atoms with E-state index in [9.17, 15) is 0 Å². The third-order valence-electron chi connectivity index (χ3n) is 3.81. The van der Waals surface area contributed by atoms with Crippen molar-refractivity contribution in [1.29, 1.82) is 0 Å². The number of nitrogens with one attached hydrogen (secondary N) is 2. The molecule has 84 valence electrons. The highest BCUT2D eigenvalue weighted by molar-refractivity contribution is 5.00. The minimum Gasteiger partial charge on any atom is -0.314 e. The van der Waals surface area contributed by atoms with Crippen LogP contribution in [-0.4, -0.2) is 25.2 Å². The molecule has 0 aromatic rings. The maximum atomic E-state index is 3.64. The summed E-state index contributed by atoms with van der Waals surface area (Å²) >= 11 is 0. The second-order valence-electron chi connectivity index (χ2n) is 4.71. The van der Waals surface area contributed by atoms with E-state index in [4.69, 9.17) is 0 Å². The van der Waals surface area contributed by atoms with Crippen LogP contribution in [0.4, 0.5) is 0 Å². The van der Waals surface area contributed by atoms with E-state index in [1.54, 1.807) is 0 Å². The first-order valence-electron chi connectivity index (χ1n) is 6.28. The Bertz CT molecular complexity index is 245. The van der Waals surface area contributed by atoms with Gasteiger partial charge in [-0.2, -0.15) is 0 Å². The molecule has 1 heterocycles. The lowest BCUT2D eigenvalue weighted by Crippen LogP contribution is -2.42. The molecule has 0 bridgehead atoms. The summed E-state index contributed by atoms with van der Waals surface area (Å²) in [5.41, 5.74) is 0. The summed E-state index contributed by atoms with van der Waals surface area (Å²) in [5.74, 6) is 6.91. The number of hydrogen-bond acceptors (Lipinski definition) is 2. The second-order valence-corrected chi connectivity index (χ2v) is 4.71. The predicted molar refractivity (Wildman–Crippen MR) is 63.6 cm³/mol. The molecule has 3 unspecified atom stereocenters. The van der Waals surface area contributed by atoms with Crippen LogP contribution < -0.4 is 10.6 Å². The molecular formula is C13H22N2. The Hall–Kier alpha value is -0.520. The largest absolute Gasteiger partial charge is 0.314 e. The van der Waals surface area contributed by atoms with E-state index in [0.717, 1.165) is 18.5 Å². The van der Waals surface area contributed by atoms with Crippen molar-refractivity contribution in [3.05, 3.63) is 0 Å². The molecule has 15 heavy (non-hydrogen) atoms.